The fraction of sp³-hybridized carbons (Fsp3) is 0.545. The number of piperazine rings is 1. The van der Waals surface area contributed by atoms with Gasteiger partial charge in [0, 0.05) is 58.8 Å². The van der Waals surface area contributed by atoms with Crippen LogP contribution in [-0.2, 0) is 4.79 Å². The van der Waals surface area contributed by atoms with Gasteiger partial charge in [0.25, 0.3) is 0 Å². The summed E-state index contributed by atoms with van der Waals surface area (Å²) in [5, 5.41) is 6.32. The van der Waals surface area contributed by atoms with Crippen LogP contribution >= 0.6 is 0 Å². The van der Waals surface area contributed by atoms with Crippen LogP contribution < -0.4 is 10.6 Å². The smallest absolute Gasteiger partial charge is 0.221 e. The average molecular weight is 386 g/mol. The SMILES string of the molecule is CCC(C)NC(=O)CCNC(=NC)N1CCN(C/C=C/c2ccccc2)CC1. The molecule has 2 N–H and O–H groups in total. The quantitative estimate of drug-likeness (QED) is 0.532. The molecule has 1 unspecified atom stereocenters. The number of nitrogens with one attached hydrogen (secondary N) is 2. The molecule has 6 heteroatoms. The van der Waals surface area contributed by atoms with E-state index in [0.717, 1.165) is 45.1 Å². The summed E-state index contributed by atoms with van der Waals surface area (Å²) in [6.07, 6.45) is 5.82. The third kappa shape index (κ3) is 7.72. The molecule has 154 valence electrons. The lowest BCUT2D eigenvalue weighted by molar-refractivity contribution is -0.121. The first-order valence-electron chi connectivity index (χ1n) is 10.3. The Balaban J connectivity index is 1.67. The number of benzene rings is 1. The second-order valence-corrected chi connectivity index (χ2v) is 7.20. The highest BCUT2D eigenvalue weighted by molar-refractivity contribution is 5.81. The topological polar surface area (TPSA) is 60.0 Å². The number of guanidine groups is 1. The highest BCUT2D eigenvalue weighted by atomic mass is 16.1. The van der Waals surface area contributed by atoms with E-state index in [1.807, 2.05) is 13.0 Å². The van der Waals surface area contributed by atoms with Gasteiger partial charge >= 0.3 is 0 Å². The van der Waals surface area contributed by atoms with Gasteiger partial charge in [0.15, 0.2) is 5.96 Å². The maximum absolute atomic E-state index is 11.9. The van der Waals surface area contributed by atoms with Gasteiger partial charge in [-0.25, -0.2) is 0 Å². The van der Waals surface area contributed by atoms with Crippen LogP contribution in [0.2, 0.25) is 0 Å². The first kappa shape index (κ1) is 22.0. The highest BCUT2D eigenvalue weighted by Gasteiger charge is 2.18. The van der Waals surface area contributed by atoms with Crippen molar-refractivity contribution >= 4 is 17.9 Å². The van der Waals surface area contributed by atoms with E-state index >= 15 is 0 Å². The molecule has 1 atom stereocenters. The van der Waals surface area contributed by atoms with E-state index in [-0.39, 0.29) is 11.9 Å². The molecule has 1 heterocycles. The average Bonchev–Trinajstić information content (AvgIpc) is 2.72. The van der Waals surface area contributed by atoms with E-state index in [9.17, 15) is 4.79 Å². The molecule has 1 saturated heterocycles. The fourth-order valence-corrected chi connectivity index (χ4v) is 3.11. The number of nitrogens with zero attached hydrogens (tertiary/aromatic N) is 3. The summed E-state index contributed by atoms with van der Waals surface area (Å²) >= 11 is 0. The number of rotatable bonds is 8. The minimum atomic E-state index is 0.0901. The van der Waals surface area contributed by atoms with Crippen LogP contribution in [0.1, 0.15) is 32.3 Å². The number of hydrogen-bond donors (Lipinski definition) is 2. The van der Waals surface area contributed by atoms with Crippen molar-refractivity contribution in [2.75, 3.05) is 46.3 Å². The molecule has 1 aromatic carbocycles. The number of hydrogen-bond acceptors (Lipinski definition) is 3. The molecule has 1 fully saturated rings. The fourth-order valence-electron chi connectivity index (χ4n) is 3.11. The van der Waals surface area contributed by atoms with Gasteiger partial charge in [-0.15, -0.1) is 0 Å². The molecule has 0 radical (unpaired) electrons. The molecule has 28 heavy (non-hydrogen) atoms. The van der Waals surface area contributed by atoms with Crippen molar-refractivity contribution in [2.45, 2.75) is 32.7 Å². The molecular weight excluding hydrogens is 350 g/mol. The second kappa shape index (κ2) is 12.2. The molecule has 2 rings (SSSR count). The van der Waals surface area contributed by atoms with E-state index in [2.05, 4.69) is 68.8 Å². The summed E-state index contributed by atoms with van der Waals surface area (Å²) in [4.78, 5) is 21.0. The zero-order chi connectivity index (χ0) is 20.2. The van der Waals surface area contributed by atoms with Crippen LogP contribution in [0, 0.1) is 0 Å². The molecule has 0 aliphatic carbocycles. The molecule has 1 amide bonds. The van der Waals surface area contributed by atoms with Crippen molar-refractivity contribution in [3.05, 3.63) is 42.0 Å². The number of amides is 1. The minimum Gasteiger partial charge on any atom is -0.356 e. The van der Waals surface area contributed by atoms with Crippen molar-refractivity contribution in [3.63, 3.8) is 0 Å². The molecule has 6 nitrogen and oxygen atoms in total. The van der Waals surface area contributed by atoms with Crippen LogP contribution in [0.25, 0.3) is 6.08 Å². The maximum atomic E-state index is 11.9. The minimum absolute atomic E-state index is 0.0901. The lowest BCUT2D eigenvalue weighted by atomic mass is 10.2. The van der Waals surface area contributed by atoms with Crippen molar-refractivity contribution in [2.24, 2.45) is 4.99 Å². The van der Waals surface area contributed by atoms with E-state index in [4.69, 9.17) is 0 Å². The first-order chi connectivity index (χ1) is 13.6. The zero-order valence-electron chi connectivity index (χ0n) is 17.5. The largest absolute Gasteiger partial charge is 0.356 e. The molecule has 0 spiro atoms. The Labute approximate surface area is 169 Å². The monoisotopic (exact) mass is 385 g/mol. The van der Waals surface area contributed by atoms with Gasteiger partial charge in [0.05, 0.1) is 0 Å². The lowest BCUT2D eigenvalue weighted by Crippen LogP contribution is -2.52. The summed E-state index contributed by atoms with van der Waals surface area (Å²) in [6, 6.07) is 10.6. The lowest BCUT2D eigenvalue weighted by Gasteiger charge is -2.36. The van der Waals surface area contributed by atoms with E-state index in [0.29, 0.717) is 13.0 Å². The summed E-state index contributed by atoms with van der Waals surface area (Å²) in [5.74, 6) is 0.975. The Bertz CT molecular complexity index is 636. The molecular formula is C22H35N5O. The standard InChI is InChI=1S/C22H35N5O/c1-4-19(2)25-21(28)12-13-24-22(23-3)27-17-15-26(16-18-27)14-8-11-20-9-6-5-7-10-20/h5-11,19H,4,12-18H2,1-3H3,(H,23,24)(H,25,28)/b11-8+. The van der Waals surface area contributed by atoms with Crippen LogP contribution in [0.15, 0.2) is 41.4 Å². The Morgan fingerprint density at radius 3 is 2.57 bits per heavy atom. The van der Waals surface area contributed by atoms with Crippen molar-refractivity contribution in [1.82, 2.24) is 20.4 Å². The van der Waals surface area contributed by atoms with E-state index in [1.165, 1.54) is 5.56 Å². The molecule has 0 saturated carbocycles. The van der Waals surface area contributed by atoms with Gasteiger partial charge in [0.1, 0.15) is 0 Å². The maximum Gasteiger partial charge on any atom is 0.221 e. The Morgan fingerprint density at radius 1 is 1.21 bits per heavy atom. The first-order valence-corrected chi connectivity index (χ1v) is 10.3. The third-order valence-corrected chi connectivity index (χ3v) is 5.01. The molecule has 0 aromatic heterocycles. The van der Waals surface area contributed by atoms with Gasteiger partial charge < -0.3 is 15.5 Å². The van der Waals surface area contributed by atoms with Crippen molar-refractivity contribution < 1.29 is 4.79 Å². The van der Waals surface area contributed by atoms with Crippen molar-refractivity contribution in [3.8, 4) is 0 Å². The zero-order valence-corrected chi connectivity index (χ0v) is 17.5. The van der Waals surface area contributed by atoms with E-state index in [1.54, 1.807) is 7.05 Å². The molecule has 1 aromatic rings. The summed E-state index contributed by atoms with van der Waals surface area (Å²) in [6.45, 7) is 9.57. The third-order valence-electron chi connectivity index (χ3n) is 5.01. The van der Waals surface area contributed by atoms with Crippen LogP contribution in [0.3, 0.4) is 0 Å². The normalized spacial score (nSPS) is 17.0. The van der Waals surface area contributed by atoms with Crippen LogP contribution in [-0.4, -0.2) is 74.0 Å². The molecule has 1 aliphatic heterocycles. The van der Waals surface area contributed by atoms with Gasteiger partial charge in [-0.1, -0.05) is 49.4 Å². The predicted octanol–water partition coefficient (Wildman–Crippen LogP) is 2.20. The van der Waals surface area contributed by atoms with Gasteiger partial charge in [0.2, 0.25) is 5.91 Å². The summed E-state index contributed by atoms with van der Waals surface area (Å²) in [7, 11) is 1.80. The number of aliphatic imine (C=N–C) groups is 1. The number of carbonyl (C=O) groups excluding carboxylic acids is 1. The van der Waals surface area contributed by atoms with Crippen molar-refractivity contribution in [1.29, 1.82) is 0 Å². The summed E-state index contributed by atoms with van der Waals surface area (Å²) in [5.41, 5.74) is 1.24. The molecule has 0 bridgehead atoms. The number of carbonyl (C=O) groups is 1. The Morgan fingerprint density at radius 2 is 1.93 bits per heavy atom. The van der Waals surface area contributed by atoms with Crippen LogP contribution in [0.5, 0.6) is 0 Å². The second-order valence-electron chi connectivity index (χ2n) is 7.20. The molecule has 1 aliphatic rings. The Kier molecular flexibility index (Phi) is 9.55. The Hall–Kier alpha value is -2.34. The van der Waals surface area contributed by atoms with Crippen LogP contribution in [0.4, 0.5) is 0 Å². The van der Waals surface area contributed by atoms with Gasteiger partial charge in [-0.2, -0.15) is 0 Å². The summed E-state index contributed by atoms with van der Waals surface area (Å²) < 4.78 is 0. The van der Waals surface area contributed by atoms with Gasteiger partial charge in [-0.3, -0.25) is 14.7 Å². The highest BCUT2D eigenvalue weighted by Crippen LogP contribution is 2.05. The predicted molar refractivity (Wildman–Crippen MR) is 117 cm³/mol. The van der Waals surface area contributed by atoms with E-state index < -0.39 is 0 Å². The van der Waals surface area contributed by atoms with Gasteiger partial charge in [-0.05, 0) is 18.9 Å².